The molecule has 2 aromatic rings. The molecule has 0 bridgehead atoms. The fourth-order valence-electron chi connectivity index (χ4n) is 2.76. The second-order valence-electron chi connectivity index (χ2n) is 7.97. The zero-order valence-corrected chi connectivity index (χ0v) is 18.8. The first kappa shape index (κ1) is 23.0. The number of ether oxygens (including phenoxy) is 1. The molecule has 0 aliphatic rings. The summed E-state index contributed by atoms with van der Waals surface area (Å²) >= 11 is 6.32. The Hall–Kier alpha value is -2.25. The molecule has 0 aliphatic carbocycles. The fraction of sp³-hybridized carbons (Fsp3) is 0.381. The van der Waals surface area contributed by atoms with E-state index in [1.807, 2.05) is 13.0 Å². The first-order valence-electron chi connectivity index (χ1n) is 9.15. The van der Waals surface area contributed by atoms with Crippen LogP contribution in [0.4, 0.5) is 5.69 Å². The van der Waals surface area contributed by atoms with Crippen molar-refractivity contribution in [2.24, 2.45) is 0 Å². The van der Waals surface area contributed by atoms with Gasteiger partial charge in [0.2, 0.25) is 10.0 Å². The van der Waals surface area contributed by atoms with E-state index in [9.17, 15) is 13.2 Å². The molecule has 8 heteroatoms. The topological polar surface area (TPSA) is 84.5 Å². The Labute approximate surface area is 177 Å². The third-order valence-corrected chi connectivity index (χ3v) is 5.13. The molecule has 2 aromatic carbocycles. The summed E-state index contributed by atoms with van der Waals surface area (Å²) in [5.74, 6) is 0.258. The van der Waals surface area contributed by atoms with Crippen molar-refractivity contribution in [1.29, 1.82) is 0 Å². The molecule has 0 radical (unpaired) electrons. The van der Waals surface area contributed by atoms with Crippen LogP contribution < -0.4 is 14.8 Å². The average Bonchev–Trinajstić information content (AvgIpc) is 2.58. The lowest BCUT2D eigenvalue weighted by molar-refractivity contribution is -0.123. The van der Waals surface area contributed by atoms with Gasteiger partial charge < -0.3 is 10.1 Å². The molecule has 0 spiro atoms. The Morgan fingerprint density at radius 2 is 1.76 bits per heavy atom. The maximum absolute atomic E-state index is 12.2. The smallest absolute Gasteiger partial charge is 0.258 e. The number of sulfonamides is 1. The number of benzene rings is 2. The van der Waals surface area contributed by atoms with Gasteiger partial charge in [0.25, 0.3) is 5.91 Å². The zero-order valence-electron chi connectivity index (χ0n) is 17.2. The lowest BCUT2D eigenvalue weighted by atomic mass is 9.87. The molecular formula is C21H27ClN2O4S. The lowest BCUT2D eigenvalue weighted by Crippen LogP contribution is -2.31. The highest BCUT2D eigenvalue weighted by molar-refractivity contribution is 7.92. The number of nitrogens with one attached hydrogen (secondary N) is 2. The Morgan fingerprint density at radius 1 is 1.14 bits per heavy atom. The van der Waals surface area contributed by atoms with E-state index in [0.717, 1.165) is 17.4 Å². The van der Waals surface area contributed by atoms with Crippen LogP contribution in [0.2, 0.25) is 5.02 Å². The molecule has 0 saturated carbocycles. The first-order chi connectivity index (χ1) is 13.3. The van der Waals surface area contributed by atoms with E-state index >= 15 is 0 Å². The molecule has 1 unspecified atom stereocenters. The van der Waals surface area contributed by atoms with Crippen LogP contribution in [0.15, 0.2) is 42.5 Å². The van der Waals surface area contributed by atoms with E-state index in [4.69, 9.17) is 16.3 Å². The second kappa shape index (κ2) is 9.05. The predicted molar refractivity (Wildman–Crippen MR) is 117 cm³/mol. The van der Waals surface area contributed by atoms with Gasteiger partial charge in [-0.15, -0.1) is 0 Å². The van der Waals surface area contributed by atoms with Crippen LogP contribution in [0.25, 0.3) is 0 Å². The van der Waals surface area contributed by atoms with Crippen molar-refractivity contribution >= 4 is 33.2 Å². The molecule has 0 heterocycles. The van der Waals surface area contributed by atoms with Gasteiger partial charge in [-0.25, -0.2) is 8.42 Å². The SMILES string of the molecule is CC(NC(=O)COc1ccc(C(C)(C)C)c(Cl)c1)c1ccc(NS(C)(=O)=O)cc1. The molecule has 2 N–H and O–H groups in total. The normalized spacial score (nSPS) is 12.9. The molecule has 6 nitrogen and oxygen atoms in total. The average molecular weight is 439 g/mol. The third kappa shape index (κ3) is 7.25. The highest BCUT2D eigenvalue weighted by Gasteiger charge is 2.18. The molecule has 2 rings (SSSR count). The van der Waals surface area contributed by atoms with E-state index in [0.29, 0.717) is 16.5 Å². The predicted octanol–water partition coefficient (Wildman–Crippen LogP) is 4.27. The van der Waals surface area contributed by atoms with Gasteiger partial charge in [0.1, 0.15) is 5.75 Å². The number of anilines is 1. The molecule has 0 aromatic heterocycles. The largest absolute Gasteiger partial charge is 0.484 e. The quantitative estimate of drug-likeness (QED) is 0.676. The van der Waals surface area contributed by atoms with E-state index in [1.165, 1.54) is 0 Å². The maximum atomic E-state index is 12.2. The molecule has 29 heavy (non-hydrogen) atoms. The van der Waals surface area contributed by atoms with Crippen LogP contribution >= 0.6 is 11.6 Å². The van der Waals surface area contributed by atoms with Crippen molar-refractivity contribution in [3.05, 3.63) is 58.6 Å². The minimum atomic E-state index is -3.32. The summed E-state index contributed by atoms with van der Waals surface area (Å²) in [6.45, 7) is 7.93. The summed E-state index contributed by atoms with van der Waals surface area (Å²) in [6, 6.07) is 12.0. The summed E-state index contributed by atoms with van der Waals surface area (Å²) in [6.07, 6.45) is 1.09. The van der Waals surface area contributed by atoms with Gasteiger partial charge in [0.05, 0.1) is 12.3 Å². The number of amides is 1. The van der Waals surface area contributed by atoms with Gasteiger partial charge >= 0.3 is 0 Å². The van der Waals surface area contributed by atoms with Crippen molar-refractivity contribution in [1.82, 2.24) is 5.32 Å². The van der Waals surface area contributed by atoms with Gasteiger partial charge in [-0.1, -0.05) is 50.6 Å². The van der Waals surface area contributed by atoms with Gasteiger partial charge in [0.15, 0.2) is 6.61 Å². The number of rotatable bonds is 7. The number of carbonyl (C=O) groups is 1. The monoisotopic (exact) mass is 438 g/mol. The van der Waals surface area contributed by atoms with Gasteiger partial charge in [0, 0.05) is 10.7 Å². The minimum Gasteiger partial charge on any atom is -0.484 e. The summed E-state index contributed by atoms with van der Waals surface area (Å²) in [5.41, 5.74) is 2.25. The Kier molecular flexibility index (Phi) is 7.19. The Balaban J connectivity index is 1.91. The molecule has 0 aliphatic heterocycles. The summed E-state index contributed by atoms with van der Waals surface area (Å²) in [5, 5.41) is 3.45. The van der Waals surface area contributed by atoms with Crippen LogP contribution in [0, 0.1) is 0 Å². The Morgan fingerprint density at radius 3 is 2.28 bits per heavy atom. The van der Waals surface area contributed by atoms with E-state index in [2.05, 4.69) is 30.8 Å². The van der Waals surface area contributed by atoms with Gasteiger partial charge in [-0.3, -0.25) is 9.52 Å². The van der Waals surface area contributed by atoms with Crippen LogP contribution in [0.1, 0.15) is 44.9 Å². The number of halogens is 1. The standard InChI is InChI=1S/C21H27ClN2O4S/c1-14(15-6-8-16(9-7-15)24-29(5,26)27)23-20(25)13-28-17-10-11-18(19(22)12-17)21(2,3)4/h6-12,14,24H,13H2,1-5H3,(H,23,25). The Bertz CT molecular complexity index is 967. The fourth-order valence-corrected chi connectivity index (χ4v) is 3.78. The van der Waals surface area contributed by atoms with Gasteiger partial charge in [-0.05, 0) is 47.7 Å². The molecule has 1 amide bonds. The van der Waals surface area contributed by atoms with Crippen LogP contribution in [-0.2, 0) is 20.2 Å². The summed E-state index contributed by atoms with van der Waals surface area (Å²) in [4.78, 5) is 12.2. The van der Waals surface area contributed by atoms with Crippen molar-refractivity contribution in [3.63, 3.8) is 0 Å². The molecule has 0 saturated heterocycles. The van der Waals surface area contributed by atoms with Crippen LogP contribution in [0.3, 0.4) is 0 Å². The minimum absolute atomic E-state index is 0.0746. The molecule has 158 valence electrons. The summed E-state index contributed by atoms with van der Waals surface area (Å²) in [7, 11) is -3.32. The lowest BCUT2D eigenvalue weighted by Gasteiger charge is -2.21. The van der Waals surface area contributed by atoms with Gasteiger partial charge in [-0.2, -0.15) is 0 Å². The molecule has 0 fully saturated rings. The van der Waals surface area contributed by atoms with Crippen molar-refractivity contribution < 1.29 is 17.9 Å². The second-order valence-corrected chi connectivity index (χ2v) is 10.1. The zero-order chi connectivity index (χ0) is 21.8. The van der Waals surface area contributed by atoms with Crippen LogP contribution in [0.5, 0.6) is 5.75 Å². The van der Waals surface area contributed by atoms with E-state index < -0.39 is 10.0 Å². The van der Waals surface area contributed by atoms with E-state index in [-0.39, 0.29) is 24.0 Å². The third-order valence-electron chi connectivity index (χ3n) is 4.21. The highest BCUT2D eigenvalue weighted by Crippen LogP contribution is 2.32. The van der Waals surface area contributed by atoms with Crippen molar-refractivity contribution in [3.8, 4) is 5.75 Å². The van der Waals surface area contributed by atoms with Crippen LogP contribution in [-0.4, -0.2) is 27.2 Å². The molecule has 1 atom stereocenters. The highest BCUT2D eigenvalue weighted by atomic mass is 35.5. The number of carbonyl (C=O) groups excluding carboxylic acids is 1. The molecular weight excluding hydrogens is 412 g/mol. The van der Waals surface area contributed by atoms with Crippen molar-refractivity contribution in [2.45, 2.75) is 39.2 Å². The first-order valence-corrected chi connectivity index (χ1v) is 11.4. The number of hydrogen-bond acceptors (Lipinski definition) is 4. The maximum Gasteiger partial charge on any atom is 0.258 e. The summed E-state index contributed by atoms with van der Waals surface area (Å²) < 4.78 is 30.5. The van der Waals surface area contributed by atoms with E-state index in [1.54, 1.807) is 36.4 Å². The van der Waals surface area contributed by atoms with Crippen molar-refractivity contribution in [2.75, 3.05) is 17.6 Å². The number of hydrogen-bond donors (Lipinski definition) is 2.